The number of nitrogens with zero attached hydrogens (tertiary/aromatic N) is 1. The van der Waals surface area contributed by atoms with Gasteiger partial charge < -0.3 is 10.3 Å². The number of hydrogen-bond donors (Lipinski definition) is 3. The van der Waals surface area contributed by atoms with Gasteiger partial charge in [0, 0.05) is 28.2 Å². The summed E-state index contributed by atoms with van der Waals surface area (Å²) in [6.45, 7) is 0. The standard InChI is InChI=1S/C16H11FN4O/c17-10-2-4-12-13(8-18-15(12)5-10)16(22)20-11-3-1-9-7-19-21-14(9)6-11/h1-8,18H,(H,19,21)(H,20,22). The highest BCUT2D eigenvalue weighted by Crippen LogP contribution is 2.22. The Balaban J connectivity index is 1.68. The van der Waals surface area contributed by atoms with Gasteiger partial charge in [0.2, 0.25) is 0 Å². The van der Waals surface area contributed by atoms with Crippen molar-refractivity contribution in [1.29, 1.82) is 0 Å². The number of rotatable bonds is 2. The van der Waals surface area contributed by atoms with Crippen molar-refractivity contribution in [3.8, 4) is 0 Å². The van der Waals surface area contributed by atoms with Gasteiger partial charge in [-0.3, -0.25) is 9.89 Å². The minimum absolute atomic E-state index is 0.253. The van der Waals surface area contributed by atoms with Crippen LogP contribution < -0.4 is 5.32 Å². The molecule has 0 saturated carbocycles. The van der Waals surface area contributed by atoms with Crippen molar-refractivity contribution in [2.75, 3.05) is 5.32 Å². The molecule has 4 rings (SSSR count). The molecule has 108 valence electrons. The fourth-order valence-corrected chi connectivity index (χ4v) is 2.50. The van der Waals surface area contributed by atoms with Crippen LogP contribution in [0.2, 0.25) is 0 Å². The molecule has 6 heteroatoms. The summed E-state index contributed by atoms with van der Waals surface area (Å²) in [5.41, 5.74) is 2.57. The van der Waals surface area contributed by atoms with Crippen LogP contribution >= 0.6 is 0 Å². The lowest BCUT2D eigenvalue weighted by atomic mass is 10.1. The first-order chi connectivity index (χ1) is 10.7. The Morgan fingerprint density at radius 2 is 2.05 bits per heavy atom. The van der Waals surface area contributed by atoms with Crippen molar-refractivity contribution >= 4 is 33.4 Å². The highest BCUT2D eigenvalue weighted by Gasteiger charge is 2.13. The molecule has 1 amide bonds. The number of nitrogens with one attached hydrogen (secondary N) is 3. The monoisotopic (exact) mass is 294 g/mol. The lowest BCUT2D eigenvalue weighted by Crippen LogP contribution is -2.11. The van der Waals surface area contributed by atoms with Gasteiger partial charge in [-0.05, 0) is 36.4 Å². The molecule has 0 spiro atoms. The first kappa shape index (κ1) is 12.6. The molecule has 0 fully saturated rings. The number of carbonyl (C=O) groups excluding carboxylic acids is 1. The summed E-state index contributed by atoms with van der Waals surface area (Å²) in [6, 6.07) is 9.79. The predicted molar refractivity (Wildman–Crippen MR) is 82.3 cm³/mol. The van der Waals surface area contributed by atoms with Gasteiger partial charge in [-0.1, -0.05) is 0 Å². The summed E-state index contributed by atoms with van der Waals surface area (Å²) in [6.07, 6.45) is 3.29. The molecule has 0 aliphatic carbocycles. The van der Waals surface area contributed by atoms with E-state index in [1.807, 2.05) is 18.2 Å². The molecule has 5 nitrogen and oxygen atoms in total. The van der Waals surface area contributed by atoms with E-state index < -0.39 is 0 Å². The smallest absolute Gasteiger partial charge is 0.257 e. The van der Waals surface area contributed by atoms with Crippen molar-refractivity contribution in [2.24, 2.45) is 0 Å². The maximum atomic E-state index is 13.2. The lowest BCUT2D eigenvalue weighted by Gasteiger charge is -2.04. The largest absolute Gasteiger partial charge is 0.360 e. The second-order valence-corrected chi connectivity index (χ2v) is 5.02. The first-order valence-electron chi connectivity index (χ1n) is 6.72. The van der Waals surface area contributed by atoms with Gasteiger partial charge in [0.1, 0.15) is 5.82 Å². The second-order valence-electron chi connectivity index (χ2n) is 5.02. The van der Waals surface area contributed by atoms with Crippen LogP contribution in [0.4, 0.5) is 10.1 Å². The fourth-order valence-electron chi connectivity index (χ4n) is 2.50. The molecule has 2 aromatic carbocycles. The highest BCUT2D eigenvalue weighted by atomic mass is 19.1. The molecule has 0 bridgehead atoms. The van der Waals surface area contributed by atoms with E-state index in [2.05, 4.69) is 20.5 Å². The number of hydrogen-bond acceptors (Lipinski definition) is 2. The van der Waals surface area contributed by atoms with E-state index in [4.69, 9.17) is 0 Å². The molecule has 3 N–H and O–H groups in total. The zero-order valence-electron chi connectivity index (χ0n) is 11.4. The molecule has 2 heterocycles. The number of halogens is 1. The third kappa shape index (κ3) is 2.01. The van der Waals surface area contributed by atoms with E-state index in [9.17, 15) is 9.18 Å². The van der Waals surface area contributed by atoms with E-state index in [1.165, 1.54) is 12.1 Å². The Labute approximate surface area is 124 Å². The molecule has 0 aliphatic heterocycles. The molecular formula is C16H11FN4O. The van der Waals surface area contributed by atoms with Gasteiger partial charge in [-0.25, -0.2) is 4.39 Å². The van der Waals surface area contributed by atoms with Crippen LogP contribution in [0.15, 0.2) is 48.8 Å². The summed E-state index contributed by atoms with van der Waals surface area (Å²) in [5.74, 6) is -0.595. The van der Waals surface area contributed by atoms with E-state index in [0.29, 0.717) is 22.2 Å². The van der Waals surface area contributed by atoms with Crippen LogP contribution in [-0.4, -0.2) is 21.1 Å². The average Bonchev–Trinajstić information content (AvgIpc) is 3.12. The predicted octanol–water partition coefficient (Wildman–Crippen LogP) is 3.44. The van der Waals surface area contributed by atoms with E-state index in [0.717, 1.165) is 10.9 Å². The summed E-state index contributed by atoms with van der Waals surface area (Å²) >= 11 is 0. The zero-order chi connectivity index (χ0) is 15.1. The van der Waals surface area contributed by atoms with Crippen molar-refractivity contribution in [1.82, 2.24) is 15.2 Å². The molecule has 0 unspecified atom stereocenters. The SMILES string of the molecule is O=C(Nc1ccc2cn[nH]c2c1)c1c[nH]c2cc(F)ccc12. The van der Waals surface area contributed by atoms with Crippen molar-refractivity contribution < 1.29 is 9.18 Å². The minimum Gasteiger partial charge on any atom is -0.360 e. The molecule has 4 aromatic rings. The van der Waals surface area contributed by atoms with Crippen LogP contribution in [0.5, 0.6) is 0 Å². The molecule has 0 radical (unpaired) electrons. The summed E-state index contributed by atoms with van der Waals surface area (Å²) in [4.78, 5) is 15.3. The number of H-pyrrole nitrogens is 2. The van der Waals surface area contributed by atoms with Gasteiger partial charge in [-0.2, -0.15) is 5.10 Å². The van der Waals surface area contributed by atoms with Crippen molar-refractivity contribution in [3.63, 3.8) is 0 Å². The number of amides is 1. The highest BCUT2D eigenvalue weighted by molar-refractivity contribution is 6.13. The second kappa shape index (κ2) is 4.70. The van der Waals surface area contributed by atoms with E-state index >= 15 is 0 Å². The Morgan fingerprint density at radius 1 is 1.14 bits per heavy atom. The van der Waals surface area contributed by atoms with Gasteiger partial charge >= 0.3 is 0 Å². The zero-order valence-corrected chi connectivity index (χ0v) is 11.4. The Kier molecular flexibility index (Phi) is 2.69. The summed E-state index contributed by atoms with van der Waals surface area (Å²) < 4.78 is 13.2. The third-order valence-corrected chi connectivity index (χ3v) is 3.59. The van der Waals surface area contributed by atoms with Crippen LogP contribution in [0.3, 0.4) is 0 Å². The van der Waals surface area contributed by atoms with Crippen LogP contribution in [0.25, 0.3) is 21.8 Å². The third-order valence-electron chi connectivity index (χ3n) is 3.59. The van der Waals surface area contributed by atoms with Crippen molar-refractivity contribution in [3.05, 3.63) is 60.2 Å². The van der Waals surface area contributed by atoms with Gasteiger partial charge in [0.15, 0.2) is 0 Å². The maximum absolute atomic E-state index is 13.2. The van der Waals surface area contributed by atoms with Gasteiger partial charge in [0.25, 0.3) is 5.91 Å². The molecule has 0 aliphatic rings. The normalized spacial score (nSPS) is 11.1. The number of benzene rings is 2. The number of anilines is 1. The molecule has 22 heavy (non-hydrogen) atoms. The average molecular weight is 294 g/mol. The van der Waals surface area contributed by atoms with Crippen LogP contribution in [0, 0.1) is 5.82 Å². The summed E-state index contributed by atoms with van der Waals surface area (Å²) in [5, 5.41) is 11.3. The first-order valence-corrected chi connectivity index (χ1v) is 6.72. The Hall–Kier alpha value is -3.15. The Morgan fingerprint density at radius 3 is 2.95 bits per heavy atom. The molecule has 0 saturated heterocycles. The number of fused-ring (bicyclic) bond motifs is 2. The van der Waals surface area contributed by atoms with Gasteiger partial charge in [-0.15, -0.1) is 0 Å². The molecular weight excluding hydrogens is 283 g/mol. The Bertz CT molecular complexity index is 1000. The fraction of sp³-hybridized carbons (Fsp3) is 0. The summed E-state index contributed by atoms with van der Waals surface area (Å²) in [7, 11) is 0. The topological polar surface area (TPSA) is 73.6 Å². The number of carbonyl (C=O) groups is 1. The van der Waals surface area contributed by atoms with Crippen molar-refractivity contribution in [2.45, 2.75) is 0 Å². The molecule has 2 aromatic heterocycles. The number of aromatic amines is 2. The van der Waals surface area contributed by atoms with Gasteiger partial charge in [0.05, 0.1) is 17.3 Å². The van der Waals surface area contributed by atoms with Crippen LogP contribution in [0.1, 0.15) is 10.4 Å². The quantitative estimate of drug-likeness (QED) is 0.530. The van der Waals surface area contributed by atoms with E-state index in [1.54, 1.807) is 18.5 Å². The molecule has 0 atom stereocenters. The number of aromatic nitrogens is 3. The lowest BCUT2D eigenvalue weighted by molar-refractivity contribution is 0.102. The maximum Gasteiger partial charge on any atom is 0.257 e. The van der Waals surface area contributed by atoms with E-state index in [-0.39, 0.29) is 11.7 Å². The minimum atomic E-state index is -0.342. The van der Waals surface area contributed by atoms with Crippen LogP contribution in [-0.2, 0) is 0 Å².